The summed E-state index contributed by atoms with van der Waals surface area (Å²) in [6.07, 6.45) is 0.637. The summed E-state index contributed by atoms with van der Waals surface area (Å²) in [6.45, 7) is 2.21. The fourth-order valence-corrected chi connectivity index (χ4v) is 3.93. The lowest BCUT2D eigenvalue weighted by atomic mass is 10.3. The lowest BCUT2D eigenvalue weighted by Gasteiger charge is -2.19. The van der Waals surface area contributed by atoms with Gasteiger partial charge >= 0.3 is 5.97 Å². The van der Waals surface area contributed by atoms with E-state index in [1.54, 1.807) is 36.4 Å². The van der Waals surface area contributed by atoms with Crippen LogP contribution in [0.15, 0.2) is 59.5 Å². The SMILES string of the molecule is CCCOC(=O)CCC(=O)NC(=S)Nc1ccc(S(=O)(=O)N(C)c2ccccc2)cc1. The van der Waals surface area contributed by atoms with Crippen molar-refractivity contribution in [3.05, 3.63) is 54.6 Å². The van der Waals surface area contributed by atoms with E-state index in [9.17, 15) is 18.0 Å². The Hall–Kier alpha value is -2.98. The second-order valence-corrected chi connectivity index (χ2v) is 8.93. The Balaban J connectivity index is 1.91. The highest BCUT2D eigenvalue weighted by molar-refractivity contribution is 7.92. The highest BCUT2D eigenvalue weighted by Gasteiger charge is 2.21. The third-order valence-corrected chi connectivity index (χ3v) is 6.17. The zero-order chi connectivity index (χ0) is 22.9. The summed E-state index contributed by atoms with van der Waals surface area (Å²) < 4.78 is 31.7. The Morgan fingerprint density at radius 2 is 1.68 bits per heavy atom. The molecule has 2 N–H and O–H groups in total. The number of sulfonamides is 1. The first-order chi connectivity index (χ1) is 14.7. The fraction of sp³-hybridized carbons (Fsp3) is 0.286. The highest BCUT2D eigenvalue weighted by atomic mass is 32.2. The summed E-state index contributed by atoms with van der Waals surface area (Å²) in [5.41, 5.74) is 1.06. The molecular weight excluding hydrogens is 438 g/mol. The number of para-hydroxylation sites is 1. The first-order valence-electron chi connectivity index (χ1n) is 9.64. The van der Waals surface area contributed by atoms with Gasteiger partial charge in [-0.05, 0) is 55.0 Å². The number of anilines is 2. The van der Waals surface area contributed by atoms with Crippen molar-refractivity contribution in [3.8, 4) is 0 Å². The molecule has 0 aromatic heterocycles. The molecule has 0 heterocycles. The van der Waals surface area contributed by atoms with Crippen LogP contribution < -0.4 is 14.9 Å². The molecule has 2 rings (SSSR count). The first-order valence-corrected chi connectivity index (χ1v) is 11.5. The third-order valence-electron chi connectivity index (χ3n) is 4.17. The van der Waals surface area contributed by atoms with Crippen LogP contribution in [0.3, 0.4) is 0 Å². The molecule has 0 fully saturated rings. The van der Waals surface area contributed by atoms with Crippen LogP contribution in [0.1, 0.15) is 26.2 Å². The zero-order valence-corrected chi connectivity index (χ0v) is 19.0. The van der Waals surface area contributed by atoms with Crippen molar-refractivity contribution in [2.24, 2.45) is 0 Å². The van der Waals surface area contributed by atoms with Gasteiger partial charge < -0.3 is 15.4 Å². The van der Waals surface area contributed by atoms with E-state index < -0.39 is 21.9 Å². The number of amides is 1. The number of hydrogen-bond donors (Lipinski definition) is 2. The van der Waals surface area contributed by atoms with Gasteiger partial charge in [-0.2, -0.15) is 0 Å². The minimum atomic E-state index is -3.72. The molecule has 2 aromatic rings. The molecule has 166 valence electrons. The number of nitrogens with zero attached hydrogens (tertiary/aromatic N) is 1. The van der Waals surface area contributed by atoms with Crippen LogP contribution in [0.2, 0.25) is 0 Å². The molecule has 1 amide bonds. The minimum absolute atomic E-state index is 0.0318. The zero-order valence-electron chi connectivity index (χ0n) is 17.3. The van der Waals surface area contributed by atoms with Gasteiger partial charge in [-0.15, -0.1) is 0 Å². The maximum Gasteiger partial charge on any atom is 0.306 e. The van der Waals surface area contributed by atoms with Crippen molar-refractivity contribution in [2.75, 3.05) is 23.3 Å². The summed E-state index contributed by atoms with van der Waals surface area (Å²) >= 11 is 5.09. The Morgan fingerprint density at radius 3 is 2.29 bits per heavy atom. The van der Waals surface area contributed by atoms with Gasteiger partial charge in [0.15, 0.2) is 5.11 Å². The maximum absolute atomic E-state index is 12.8. The molecule has 0 aliphatic rings. The number of benzene rings is 2. The number of rotatable bonds is 9. The number of thiocarbonyl (C=S) groups is 1. The van der Waals surface area contributed by atoms with E-state index in [0.717, 1.165) is 0 Å². The maximum atomic E-state index is 12.8. The topological polar surface area (TPSA) is 105 Å². The molecule has 31 heavy (non-hydrogen) atoms. The van der Waals surface area contributed by atoms with Gasteiger partial charge in [-0.1, -0.05) is 25.1 Å². The number of ether oxygens (including phenoxy) is 1. The second-order valence-electron chi connectivity index (χ2n) is 6.56. The van der Waals surface area contributed by atoms with Crippen molar-refractivity contribution in [3.63, 3.8) is 0 Å². The standard InChI is InChI=1S/C21H25N3O5S2/c1-3-15-29-20(26)14-13-19(25)23-21(30)22-16-9-11-18(12-10-16)31(27,28)24(2)17-7-5-4-6-8-17/h4-12H,3,13-15H2,1-2H3,(H2,22,23,25,30). The average molecular weight is 464 g/mol. The smallest absolute Gasteiger partial charge is 0.306 e. The van der Waals surface area contributed by atoms with E-state index in [1.807, 2.05) is 13.0 Å². The molecule has 0 saturated heterocycles. The Labute approximate surface area is 187 Å². The van der Waals surface area contributed by atoms with Crippen LogP contribution in [-0.2, 0) is 24.3 Å². The molecular formula is C21H25N3O5S2. The summed E-state index contributed by atoms with van der Waals surface area (Å²) in [5, 5.41) is 5.33. The molecule has 0 unspecified atom stereocenters. The normalized spacial score (nSPS) is 10.8. The predicted octanol–water partition coefficient (Wildman–Crippen LogP) is 3.06. The molecule has 0 spiro atoms. The predicted molar refractivity (Wildman–Crippen MR) is 123 cm³/mol. The van der Waals surface area contributed by atoms with Crippen LogP contribution in [0.4, 0.5) is 11.4 Å². The summed E-state index contributed by atoms with van der Waals surface area (Å²) in [4.78, 5) is 23.4. The molecule has 0 aliphatic heterocycles. The van der Waals surface area contributed by atoms with Crippen LogP contribution in [0.25, 0.3) is 0 Å². The molecule has 10 heteroatoms. The van der Waals surface area contributed by atoms with Gasteiger partial charge in [-0.3, -0.25) is 13.9 Å². The quantitative estimate of drug-likeness (QED) is 0.435. The second kappa shape index (κ2) is 11.4. The van der Waals surface area contributed by atoms with Gasteiger partial charge in [0.05, 0.1) is 23.6 Å². The molecule has 0 bridgehead atoms. The number of nitrogens with one attached hydrogen (secondary N) is 2. The summed E-state index contributed by atoms with van der Waals surface area (Å²) in [6, 6.07) is 14.7. The monoisotopic (exact) mass is 463 g/mol. The van der Waals surface area contributed by atoms with E-state index in [-0.39, 0.29) is 22.8 Å². The number of carbonyl (C=O) groups is 2. The Kier molecular flexibility index (Phi) is 8.95. The van der Waals surface area contributed by atoms with E-state index in [1.165, 1.54) is 23.5 Å². The van der Waals surface area contributed by atoms with Crippen molar-refractivity contribution in [1.82, 2.24) is 5.32 Å². The van der Waals surface area contributed by atoms with Gasteiger partial charge in [-0.25, -0.2) is 8.42 Å². The van der Waals surface area contributed by atoms with Crippen molar-refractivity contribution in [2.45, 2.75) is 31.1 Å². The Bertz CT molecular complexity index is 1010. The fourth-order valence-electron chi connectivity index (χ4n) is 2.50. The van der Waals surface area contributed by atoms with Crippen LogP contribution in [0.5, 0.6) is 0 Å². The summed E-state index contributed by atoms with van der Waals surface area (Å²) in [7, 11) is -2.23. The van der Waals surface area contributed by atoms with Gasteiger partial charge in [0.25, 0.3) is 10.0 Å². The minimum Gasteiger partial charge on any atom is -0.466 e. The lowest BCUT2D eigenvalue weighted by Crippen LogP contribution is -2.34. The largest absolute Gasteiger partial charge is 0.466 e. The van der Waals surface area contributed by atoms with E-state index in [4.69, 9.17) is 17.0 Å². The Morgan fingerprint density at radius 1 is 1.03 bits per heavy atom. The third kappa shape index (κ3) is 7.34. The molecule has 2 aromatic carbocycles. The van der Waals surface area contributed by atoms with Gasteiger partial charge in [0, 0.05) is 19.2 Å². The van der Waals surface area contributed by atoms with E-state index in [2.05, 4.69) is 10.6 Å². The van der Waals surface area contributed by atoms with E-state index >= 15 is 0 Å². The van der Waals surface area contributed by atoms with Crippen molar-refractivity contribution in [1.29, 1.82) is 0 Å². The number of esters is 1. The average Bonchev–Trinajstić information content (AvgIpc) is 2.76. The highest BCUT2D eigenvalue weighted by Crippen LogP contribution is 2.22. The van der Waals surface area contributed by atoms with Gasteiger partial charge in [0.2, 0.25) is 5.91 Å². The van der Waals surface area contributed by atoms with E-state index in [0.29, 0.717) is 24.4 Å². The molecule has 0 saturated carbocycles. The van der Waals surface area contributed by atoms with Crippen LogP contribution >= 0.6 is 12.2 Å². The lowest BCUT2D eigenvalue weighted by molar-refractivity contribution is -0.144. The first kappa shape index (κ1) is 24.3. The number of hydrogen-bond acceptors (Lipinski definition) is 6. The molecule has 0 radical (unpaired) electrons. The molecule has 8 nitrogen and oxygen atoms in total. The van der Waals surface area contributed by atoms with Crippen molar-refractivity contribution >= 4 is 50.6 Å². The molecule has 0 aliphatic carbocycles. The van der Waals surface area contributed by atoms with Crippen molar-refractivity contribution < 1.29 is 22.7 Å². The van der Waals surface area contributed by atoms with Crippen LogP contribution in [0, 0.1) is 0 Å². The molecule has 0 atom stereocenters. The van der Waals surface area contributed by atoms with Crippen LogP contribution in [-0.4, -0.2) is 39.1 Å². The van der Waals surface area contributed by atoms with Gasteiger partial charge in [0.1, 0.15) is 0 Å². The number of carbonyl (C=O) groups excluding carboxylic acids is 2. The summed E-state index contributed by atoms with van der Waals surface area (Å²) in [5.74, 6) is -0.859.